The molecule has 0 aromatic heterocycles. The highest BCUT2D eigenvalue weighted by molar-refractivity contribution is 5.44. The lowest BCUT2D eigenvalue weighted by Gasteiger charge is -2.09. The quantitative estimate of drug-likeness (QED) is 0.680. The maximum absolute atomic E-state index is 11.8. The predicted octanol–water partition coefficient (Wildman–Crippen LogP) is 4.41. The van der Waals surface area contributed by atoms with E-state index >= 15 is 0 Å². The molecule has 5 heteroatoms. The van der Waals surface area contributed by atoms with Gasteiger partial charge >= 0.3 is 6.18 Å². The molecular formula is C15H22F3NO. The van der Waals surface area contributed by atoms with Crippen LogP contribution >= 0.6 is 0 Å². The van der Waals surface area contributed by atoms with E-state index in [1.54, 1.807) is 0 Å². The topological polar surface area (TPSA) is 21.3 Å². The zero-order chi connectivity index (χ0) is 14.8. The molecular weight excluding hydrogens is 267 g/mol. The molecule has 0 bridgehead atoms. The van der Waals surface area contributed by atoms with Crippen LogP contribution in [0.4, 0.5) is 18.9 Å². The first-order chi connectivity index (χ1) is 9.51. The molecule has 20 heavy (non-hydrogen) atoms. The number of ether oxygens (including phenoxy) is 1. The molecule has 0 amide bonds. The molecule has 114 valence electrons. The molecule has 0 atom stereocenters. The highest BCUT2D eigenvalue weighted by Gasteiger charge is 2.27. The minimum Gasteiger partial charge on any atom is -0.385 e. The van der Waals surface area contributed by atoms with E-state index in [0.29, 0.717) is 13.0 Å². The largest absolute Gasteiger partial charge is 0.411 e. The third-order valence-corrected chi connectivity index (χ3v) is 2.83. The first kappa shape index (κ1) is 16.8. The molecule has 0 heterocycles. The van der Waals surface area contributed by atoms with Crippen molar-refractivity contribution in [2.24, 2.45) is 0 Å². The van der Waals surface area contributed by atoms with Crippen molar-refractivity contribution < 1.29 is 17.9 Å². The summed E-state index contributed by atoms with van der Waals surface area (Å²) >= 11 is 0. The Morgan fingerprint density at radius 3 is 2.40 bits per heavy atom. The van der Waals surface area contributed by atoms with Crippen molar-refractivity contribution in [3.8, 4) is 0 Å². The van der Waals surface area contributed by atoms with Gasteiger partial charge in [-0.2, -0.15) is 13.2 Å². The second kappa shape index (κ2) is 8.84. The average Bonchev–Trinajstić information content (AvgIpc) is 2.40. The lowest BCUT2D eigenvalue weighted by molar-refractivity contribution is -0.173. The molecule has 0 saturated carbocycles. The summed E-state index contributed by atoms with van der Waals surface area (Å²) in [5, 5.41) is 3.16. The summed E-state index contributed by atoms with van der Waals surface area (Å²) in [4.78, 5) is 0. The van der Waals surface area contributed by atoms with Gasteiger partial charge in [-0.05, 0) is 37.0 Å². The van der Waals surface area contributed by atoms with Crippen LogP contribution in [0.1, 0.15) is 31.7 Å². The standard InChI is InChI=1S/C15H22F3NO/c1-2-3-5-13-6-8-14(9-7-13)19-10-4-11-20-12-15(16,17)18/h6-9,19H,2-5,10-12H2,1H3. The Bertz CT molecular complexity index is 362. The van der Waals surface area contributed by atoms with E-state index in [1.807, 2.05) is 12.1 Å². The zero-order valence-electron chi connectivity index (χ0n) is 11.8. The summed E-state index contributed by atoms with van der Waals surface area (Å²) in [5.74, 6) is 0. The minimum atomic E-state index is -4.23. The van der Waals surface area contributed by atoms with Gasteiger partial charge in [0.05, 0.1) is 0 Å². The number of alkyl halides is 3. The number of hydrogen-bond acceptors (Lipinski definition) is 2. The van der Waals surface area contributed by atoms with Gasteiger partial charge in [0.2, 0.25) is 0 Å². The molecule has 1 N–H and O–H groups in total. The number of halogens is 3. The maximum atomic E-state index is 11.8. The zero-order valence-corrected chi connectivity index (χ0v) is 11.8. The Morgan fingerprint density at radius 2 is 1.80 bits per heavy atom. The summed E-state index contributed by atoms with van der Waals surface area (Å²) in [6.07, 6.45) is -0.237. The third kappa shape index (κ3) is 8.04. The van der Waals surface area contributed by atoms with Crippen molar-refractivity contribution in [3.05, 3.63) is 29.8 Å². The van der Waals surface area contributed by atoms with E-state index in [9.17, 15) is 13.2 Å². The van der Waals surface area contributed by atoms with Crippen LogP contribution in [-0.2, 0) is 11.2 Å². The van der Waals surface area contributed by atoms with Gasteiger partial charge in [-0.25, -0.2) is 0 Å². The predicted molar refractivity (Wildman–Crippen MR) is 75.0 cm³/mol. The van der Waals surface area contributed by atoms with Crippen molar-refractivity contribution in [1.82, 2.24) is 0 Å². The molecule has 1 aromatic carbocycles. The second-order valence-electron chi connectivity index (χ2n) is 4.75. The summed E-state index contributed by atoms with van der Waals surface area (Å²) in [5.41, 5.74) is 2.30. The number of hydrogen-bond donors (Lipinski definition) is 1. The molecule has 0 fully saturated rings. The van der Waals surface area contributed by atoms with Gasteiger partial charge in [0, 0.05) is 18.8 Å². The summed E-state index contributed by atoms with van der Waals surface area (Å²) in [6, 6.07) is 8.17. The molecule has 0 saturated heterocycles. The first-order valence-electron chi connectivity index (χ1n) is 6.98. The van der Waals surface area contributed by atoms with Crippen LogP contribution in [0, 0.1) is 0 Å². The molecule has 0 unspecified atom stereocenters. The fourth-order valence-corrected chi connectivity index (χ4v) is 1.77. The summed E-state index contributed by atoms with van der Waals surface area (Å²) in [6.45, 7) is 1.71. The number of unbranched alkanes of at least 4 members (excludes halogenated alkanes) is 1. The van der Waals surface area contributed by atoms with E-state index in [2.05, 4.69) is 29.1 Å². The van der Waals surface area contributed by atoms with Crippen molar-refractivity contribution in [2.75, 3.05) is 25.1 Å². The van der Waals surface area contributed by atoms with Crippen LogP contribution in [0.15, 0.2) is 24.3 Å². The molecule has 1 rings (SSSR count). The first-order valence-corrected chi connectivity index (χ1v) is 6.98. The van der Waals surface area contributed by atoms with Crippen LogP contribution < -0.4 is 5.32 Å². The summed E-state index contributed by atoms with van der Waals surface area (Å²) in [7, 11) is 0. The highest BCUT2D eigenvalue weighted by Crippen LogP contribution is 2.14. The Hall–Kier alpha value is -1.23. The van der Waals surface area contributed by atoms with Crippen molar-refractivity contribution >= 4 is 5.69 Å². The molecule has 0 aliphatic carbocycles. The van der Waals surface area contributed by atoms with Crippen LogP contribution in [0.2, 0.25) is 0 Å². The average molecular weight is 289 g/mol. The summed E-state index contributed by atoms with van der Waals surface area (Å²) < 4.78 is 40.0. The molecule has 0 spiro atoms. The minimum absolute atomic E-state index is 0.112. The number of anilines is 1. The van der Waals surface area contributed by atoms with E-state index in [1.165, 1.54) is 18.4 Å². The fourth-order valence-electron chi connectivity index (χ4n) is 1.77. The lowest BCUT2D eigenvalue weighted by atomic mass is 10.1. The van der Waals surface area contributed by atoms with Gasteiger partial charge in [-0.3, -0.25) is 0 Å². The van der Waals surface area contributed by atoms with E-state index in [0.717, 1.165) is 12.1 Å². The SMILES string of the molecule is CCCCc1ccc(NCCCOCC(F)(F)F)cc1. The van der Waals surface area contributed by atoms with Crippen LogP contribution in [-0.4, -0.2) is 25.9 Å². The maximum Gasteiger partial charge on any atom is 0.411 e. The van der Waals surface area contributed by atoms with Crippen molar-refractivity contribution in [3.63, 3.8) is 0 Å². The van der Waals surface area contributed by atoms with E-state index in [-0.39, 0.29) is 6.61 Å². The van der Waals surface area contributed by atoms with Crippen molar-refractivity contribution in [1.29, 1.82) is 0 Å². The van der Waals surface area contributed by atoms with Crippen molar-refractivity contribution in [2.45, 2.75) is 38.8 Å². The normalized spacial score (nSPS) is 11.6. The smallest absolute Gasteiger partial charge is 0.385 e. The van der Waals surface area contributed by atoms with Crippen LogP contribution in [0.5, 0.6) is 0 Å². The van der Waals surface area contributed by atoms with Gasteiger partial charge in [-0.1, -0.05) is 25.5 Å². The lowest BCUT2D eigenvalue weighted by Crippen LogP contribution is -2.18. The Kier molecular flexibility index (Phi) is 7.44. The van der Waals surface area contributed by atoms with Gasteiger partial charge in [-0.15, -0.1) is 0 Å². The van der Waals surface area contributed by atoms with E-state index < -0.39 is 12.8 Å². The molecule has 0 aliphatic rings. The fraction of sp³-hybridized carbons (Fsp3) is 0.600. The van der Waals surface area contributed by atoms with Gasteiger partial charge in [0.25, 0.3) is 0 Å². The second-order valence-corrected chi connectivity index (χ2v) is 4.75. The van der Waals surface area contributed by atoms with Crippen LogP contribution in [0.25, 0.3) is 0 Å². The Balaban J connectivity index is 2.13. The molecule has 2 nitrogen and oxygen atoms in total. The van der Waals surface area contributed by atoms with E-state index in [4.69, 9.17) is 0 Å². The molecule has 0 aliphatic heterocycles. The number of benzene rings is 1. The highest BCUT2D eigenvalue weighted by atomic mass is 19.4. The van der Waals surface area contributed by atoms with Crippen LogP contribution in [0.3, 0.4) is 0 Å². The number of rotatable bonds is 9. The van der Waals surface area contributed by atoms with Gasteiger partial charge in [0.15, 0.2) is 0 Å². The Labute approximate surface area is 118 Å². The molecule has 0 radical (unpaired) electrons. The number of aryl methyl sites for hydroxylation is 1. The number of nitrogens with one attached hydrogen (secondary N) is 1. The Morgan fingerprint density at radius 1 is 1.10 bits per heavy atom. The monoisotopic (exact) mass is 289 g/mol. The van der Waals surface area contributed by atoms with Gasteiger partial charge < -0.3 is 10.1 Å². The van der Waals surface area contributed by atoms with Gasteiger partial charge in [0.1, 0.15) is 6.61 Å². The third-order valence-electron chi connectivity index (χ3n) is 2.83. The molecule has 1 aromatic rings.